The number of amides is 1. The Balaban J connectivity index is 1.89. The van der Waals surface area contributed by atoms with Gasteiger partial charge in [0.25, 0.3) is 0 Å². The molecular weight excluding hydrogens is 210 g/mol. The van der Waals surface area contributed by atoms with Gasteiger partial charge in [-0.05, 0) is 42.2 Å². The first-order valence-electron chi connectivity index (χ1n) is 5.12. The zero-order valence-corrected chi connectivity index (χ0v) is 9.51. The van der Waals surface area contributed by atoms with Gasteiger partial charge in [0.15, 0.2) is 0 Å². The molecule has 0 aromatic carbocycles. The highest BCUT2D eigenvalue weighted by atomic mass is 32.1. The topological polar surface area (TPSA) is 49.3 Å². The zero-order valence-electron chi connectivity index (χ0n) is 8.69. The molecule has 1 saturated carbocycles. The van der Waals surface area contributed by atoms with Crippen LogP contribution in [0.1, 0.15) is 25.3 Å². The van der Waals surface area contributed by atoms with Crippen LogP contribution in [0.4, 0.5) is 0 Å². The Hall–Kier alpha value is -0.870. The number of hydrogen-bond donors (Lipinski definition) is 2. The second-order valence-electron chi connectivity index (χ2n) is 4.28. The number of carbonyl (C=O) groups is 1. The lowest BCUT2D eigenvalue weighted by atomic mass is 9.99. The van der Waals surface area contributed by atoms with Crippen molar-refractivity contribution < 1.29 is 9.90 Å². The number of rotatable bonds is 4. The van der Waals surface area contributed by atoms with Crippen LogP contribution in [-0.4, -0.2) is 17.6 Å². The third-order valence-corrected chi connectivity index (χ3v) is 3.38. The van der Waals surface area contributed by atoms with Crippen LogP contribution in [0, 0.1) is 5.92 Å². The second-order valence-corrected chi connectivity index (χ2v) is 5.06. The lowest BCUT2D eigenvalue weighted by molar-refractivity contribution is -0.123. The summed E-state index contributed by atoms with van der Waals surface area (Å²) in [5.74, 6) is 0.272. The molecule has 1 fully saturated rings. The minimum atomic E-state index is -0.954. The van der Waals surface area contributed by atoms with E-state index in [4.69, 9.17) is 0 Å². The standard InChI is InChI=1S/C11H15NO2S/c1-11(14,9-4-5-15-6-9)7-12-10(13)8-2-3-8/h4-6,8,14H,2-3,7H2,1H3,(H,12,13). The van der Waals surface area contributed by atoms with E-state index in [0.29, 0.717) is 6.54 Å². The van der Waals surface area contributed by atoms with E-state index in [1.54, 1.807) is 18.3 Å². The molecule has 1 aromatic heterocycles. The van der Waals surface area contributed by atoms with Crippen LogP contribution in [0.15, 0.2) is 16.8 Å². The highest BCUT2D eigenvalue weighted by Gasteiger charge is 2.31. The summed E-state index contributed by atoms with van der Waals surface area (Å²) in [6, 6.07) is 1.88. The van der Waals surface area contributed by atoms with Crippen LogP contribution in [0.3, 0.4) is 0 Å². The van der Waals surface area contributed by atoms with Crippen molar-refractivity contribution in [2.24, 2.45) is 5.92 Å². The van der Waals surface area contributed by atoms with Crippen LogP contribution in [0.5, 0.6) is 0 Å². The van der Waals surface area contributed by atoms with E-state index in [1.165, 1.54) is 0 Å². The number of carbonyl (C=O) groups excluding carboxylic acids is 1. The van der Waals surface area contributed by atoms with Gasteiger partial charge in [-0.1, -0.05) is 0 Å². The predicted octanol–water partition coefficient (Wildman–Crippen LogP) is 1.48. The van der Waals surface area contributed by atoms with Gasteiger partial charge in [0.2, 0.25) is 5.91 Å². The van der Waals surface area contributed by atoms with Crippen molar-refractivity contribution >= 4 is 17.2 Å². The van der Waals surface area contributed by atoms with Gasteiger partial charge in [0, 0.05) is 5.92 Å². The molecular formula is C11H15NO2S. The lowest BCUT2D eigenvalue weighted by Gasteiger charge is -2.22. The first-order valence-corrected chi connectivity index (χ1v) is 6.06. The fourth-order valence-corrected chi connectivity index (χ4v) is 2.20. The van der Waals surface area contributed by atoms with Gasteiger partial charge in [-0.2, -0.15) is 11.3 Å². The van der Waals surface area contributed by atoms with Gasteiger partial charge >= 0.3 is 0 Å². The summed E-state index contributed by atoms with van der Waals surface area (Å²) in [4.78, 5) is 11.4. The monoisotopic (exact) mass is 225 g/mol. The Labute approximate surface area is 93.1 Å². The quantitative estimate of drug-likeness (QED) is 0.815. The Morgan fingerprint density at radius 2 is 2.47 bits per heavy atom. The molecule has 1 atom stereocenters. The van der Waals surface area contributed by atoms with E-state index in [2.05, 4.69) is 5.32 Å². The number of nitrogens with one attached hydrogen (secondary N) is 1. The zero-order chi connectivity index (χ0) is 10.9. The smallest absolute Gasteiger partial charge is 0.223 e. The van der Waals surface area contributed by atoms with Gasteiger partial charge in [0.1, 0.15) is 5.60 Å². The summed E-state index contributed by atoms with van der Waals surface area (Å²) >= 11 is 1.55. The summed E-state index contributed by atoms with van der Waals surface area (Å²) in [5, 5.41) is 16.7. The largest absolute Gasteiger partial charge is 0.384 e. The molecule has 1 aliphatic rings. The maximum atomic E-state index is 11.4. The van der Waals surface area contributed by atoms with Crippen LogP contribution in [0.25, 0.3) is 0 Å². The SMILES string of the molecule is CC(O)(CNC(=O)C1CC1)c1ccsc1. The molecule has 15 heavy (non-hydrogen) atoms. The Morgan fingerprint density at radius 1 is 1.73 bits per heavy atom. The molecule has 1 heterocycles. The van der Waals surface area contributed by atoms with Gasteiger partial charge in [-0.15, -0.1) is 0 Å². The van der Waals surface area contributed by atoms with Crippen LogP contribution in [-0.2, 0) is 10.4 Å². The molecule has 1 aliphatic carbocycles. The minimum Gasteiger partial charge on any atom is -0.384 e. The van der Waals surface area contributed by atoms with E-state index in [0.717, 1.165) is 18.4 Å². The molecule has 82 valence electrons. The Bertz CT molecular complexity index is 341. The Kier molecular flexibility index (Phi) is 2.80. The third-order valence-electron chi connectivity index (χ3n) is 2.70. The molecule has 1 unspecified atom stereocenters. The van der Waals surface area contributed by atoms with Crippen molar-refractivity contribution in [2.75, 3.05) is 6.54 Å². The molecule has 1 aromatic rings. The fraction of sp³-hybridized carbons (Fsp3) is 0.545. The first-order chi connectivity index (χ1) is 7.09. The third kappa shape index (κ3) is 2.58. The average Bonchev–Trinajstić information content (AvgIpc) is 2.89. The van der Waals surface area contributed by atoms with Crippen molar-refractivity contribution in [1.82, 2.24) is 5.32 Å². The lowest BCUT2D eigenvalue weighted by Crippen LogP contribution is -2.38. The summed E-state index contributed by atoms with van der Waals surface area (Å²) < 4.78 is 0. The maximum Gasteiger partial charge on any atom is 0.223 e. The van der Waals surface area contributed by atoms with Crippen molar-refractivity contribution in [3.8, 4) is 0 Å². The normalized spacial score (nSPS) is 19.6. The van der Waals surface area contributed by atoms with Gasteiger partial charge in [0.05, 0.1) is 6.54 Å². The van der Waals surface area contributed by atoms with Crippen molar-refractivity contribution in [2.45, 2.75) is 25.4 Å². The molecule has 0 radical (unpaired) electrons. The van der Waals surface area contributed by atoms with Crippen LogP contribution in [0.2, 0.25) is 0 Å². The summed E-state index contributed by atoms with van der Waals surface area (Å²) in [6.45, 7) is 2.02. The minimum absolute atomic E-state index is 0.0745. The summed E-state index contributed by atoms with van der Waals surface area (Å²) in [6.07, 6.45) is 1.98. The van der Waals surface area contributed by atoms with E-state index >= 15 is 0 Å². The molecule has 2 rings (SSSR count). The maximum absolute atomic E-state index is 11.4. The number of aliphatic hydroxyl groups is 1. The summed E-state index contributed by atoms with van der Waals surface area (Å²) in [5.41, 5.74) is -0.0894. The molecule has 0 bridgehead atoms. The summed E-state index contributed by atoms with van der Waals surface area (Å²) in [7, 11) is 0. The molecule has 0 aliphatic heterocycles. The van der Waals surface area contributed by atoms with Gasteiger partial charge in [-0.25, -0.2) is 0 Å². The second kappa shape index (κ2) is 3.94. The highest BCUT2D eigenvalue weighted by Crippen LogP contribution is 2.29. The van der Waals surface area contributed by atoms with Crippen LogP contribution < -0.4 is 5.32 Å². The predicted molar refractivity (Wildman–Crippen MR) is 59.6 cm³/mol. The van der Waals surface area contributed by atoms with Gasteiger partial charge in [-0.3, -0.25) is 4.79 Å². The molecule has 4 heteroatoms. The van der Waals surface area contributed by atoms with E-state index in [-0.39, 0.29) is 11.8 Å². The fourth-order valence-electron chi connectivity index (χ4n) is 1.42. The highest BCUT2D eigenvalue weighted by molar-refractivity contribution is 7.08. The van der Waals surface area contributed by atoms with E-state index in [9.17, 15) is 9.90 Å². The Morgan fingerprint density at radius 3 is 3.00 bits per heavy atom. The van der Waals surface area contributed by atoms with E-state index in [1.807, 2.05) is 16.8 Å². The van der Waals surface area contributed by atoms with Crippen molar-refractivity contribution in [3.05, 3.63) is 22.4 Å². The molecule has 2 N–H and O–H groups in total. The molecule has 3 nitrogen and oxygen atoms in total. The van der Waals surface area contributed by atoms with Crippen molar-refractivity contribution in [1.29, 1.82) is 0 Å². The van der Waals surface area contributed by atoms with E-state index < -0.39 is 5.60 Å². The van der Waals surface area contributed by atoms with Crippen LogP contribution >= 0.6 is 11.3 Å². The molecule has 1 amide bonds. The molecule has 0 spiro atoms. The number of thiophene rings is 1. The first kappa shape index (κ1) is 10.6. The average molecular weight is 225 g/mol. The van der Waals surface area contributed by atoms with Gasteiger partial charge < -0.3 is 10.4 Å². The molecule has 0 saturated heterocycles. The van der Waals surface area contributed by atoms with Crippen molar-refractivity contribution in [3.63, 3.8) is 0 Å². The number of hydrogen-bond acceptors (Lipinski definition) is 3.